The lowest BCUT2D eigenvalue weighted by molar-refractivity contribution is -0.145. The summed E-state index contributed by atoms with van der Waals surface area (Å²) in [4.78, 5) is 11.3. The Hall–Kier alpha value is -0.610. The molecule has 3 atom stereocenters. The lowest BCUT2D eigenvalue weighted by atomic mass is 10.2. The number of carbonyl (C=O) groups excluding carboxylic acids is 1. The van der Waals surface area contributed by atoms with Crippen molar-refractivity contribution < 1.29 is 9.53 Å². The Bertz CT molecular complexity index is 197. The van der Waals surface area contributed by atoms with Crippen LogP contribution in [0, 0.1) is 0 Å². The largest absolute Gasteiger partial charge is 0.465 e. The molecule has 0 aromatic carbocycles. The monoisotopic (exact) mass is 200 g/mol. The summed E-state index contributed by atoms with van der Waals surface area (Å²) >= 11 is 0. The molecule has 0 aromatic heterocycles. The minimum absolute atomic E-state index is 0.173. The van der Waals surface area contributed by atoms with Crippen LogP contribution >= 0.6 is 0 Å². The molecule has 1 saturated carbocycles. The first-order chi connectivity index (χ1) is 6.63. The molecule has 0 radical (unpaired) electrons. The Morgan fingerprint density at radius 1 is 1.64 bits per heavy atom. The van der Waals surface area contributed by atoms with Gasteiger partial charge in [0.1, 0.15) is 6.04 Å². The van der Waals surface area contributed by atoms with Gasteiger partial charge < -0.3 is 15.8 Å². The summed E-state index contributed by atoms with van der Waals surface area (Å²) in [6, 6.07) is 0.455. The van der Waals surface area contributed by atoms with Gasteiger partial charge in [-0.15, -0.1) is 0 Å². The molecule has 0 spiro atoms. The summed E-state index contributed by atoms with van der Waals surface area (Å²) < 4.78 is 4.91. The summed E-state index contributed by atoms with van der Waals surface area (Å²) in [6.45, 7) is 4.09. The van der Waals surface area contributed by atoms with Gasteiger partial charge in [0.25, 0.3) is 0 Å². The van der Waals surface area contributed by atoms with Crippen LogP contribution in [0.3, 0.4) is 0 Å². The zero-order valence-electron chi connectivity index (χ0n) is 8.95. The smallest absolute Gasteiger partial charge is 0.322 e. The number of nitrogens with two attached hydrogens (primary N) is 1. The van der Waals surface area contributed by atoms with Crippen molar-refractivity contribution in [3.05, 3.63) is 0 Å². The van der Waals surface area contributed by atoms with E-state index in [1.54, 1.807) is 0 Å². The normalized spacial score (nSPS) is 28.8. The van der Waals surface area contributed by atoms with Gasteiger partial charge in [0.15, 0.2) is 0 Å². The predicted molar refractivity (Wildman–Crippen MR) is 54.8 cm³/mol. The molecule has 3 N–H and O–H groups in total. The van der Waals surface area contributed by atoms with Crippen molar-refractivity contribution in [3.63, 3.8) is 0 Å². The maximum atomic E-state index is 11.3. The third-order valence-electron chi connectivity index (χ3n) is 2.60. The van der Waals surface area contributed by atoms with Crippen molar-refractivity contribution in [3.8, 4) is 0 Å². The highest BCUT2D eigenvalue weighted by atomic mass is 16.5. The van der Waals surface area contributed by atoms with Crippen LogP contribution < -0.4 is 11.1 Å². The van der Waals surface area contributed by atoms with Crippen molar-refractivity contribution in [2.45, 2.75) is 51.2 Å². The molecule has 0 aromatic rings. The van der Waals surface area contributed by atoms with E-state index in [1.165, 1.54) is 0 Å². The fourth-order valence-electron chi connectivity index (χ4n) is 1.86. The van der Waals surface area contributed by atoms with Crippen LogP contribution in [0.25, 0.3) is 0 Å². The van der Waals surface area contributed by atoms with Gasteiger partial charge in [-0.2, -0.15) is 0 Å². The SMILES string of the molecule is CCOC(=O)C(C)NC1CCC(N)C1. The molecule has 0 amide bonds. The van der Waals surface area contributed by atoms with E-state index in [-0.39, 0.29) is 12.0 Å². The van der Waals surface area contributed by atoms with Gasteiger partial charge in [-0.05, 0) is 33.1 Å². The van der Waals surface area contributed by atoms with E-state index < -0.39 is 0 Å². The summed E-state index contributed by atoms with van der Waals surface area (Å²) in [5.41, 5.74) is 5.78. The third-order valence-corrected chi connectivity index (χ3v) is 2.60. The summed E-state index contributed by atoms with van der Waals surface area (Å²) in [5, 5.41) is 3.24. The quantitative estimate of drug-likeness (QED) is 0.645. The first-order valence-electron chi connectivity index (χ1n) is 5.31. The van der Waals surface area contributed by atoms with Crippen LogP contribution in [-0.2, 0) is 9.53 Å². The van der Waals surface area contributed by atoms with Gasteiger partial charge in [0, 0.05) is 12.1 Å². The van der Waals surface area contributed by atoms with E-state index in [2.05, 4.69) is 5.32 Å². The average molecular weight is 200 g/mol. The lowest BCUT2D eigenvalue weighted by Crippen LogP contribution is -2.41. The molecule has 1 fully saturated rings. The Morgan fingerprint density at radius 2 is 2.36 bits per heavy atom. The number of ether oxygens (including phenoxy) is 1. The minimum atomic E-state index is -0.217. The standard InChI is InChI=1S/C10H20N2O2/c1-3-14-10(13)7(2)12-9-5-4-8(11)6-9/h7-9,12H,3-6,11H2,1-2H3. The van der Waals surface area contributed by atoms with Crippen molar-refractivity contribution in [1.82, 2.24) is 5.32 Å². The highest BCUT2D eigenvalue weighted by Gasteiger charge is 2.25. The second-order valence-corrected chi connectivity index (χ2v) is 3.91. The molecule has 82 valence electrons. The number of rotatable bonds is 4. The fraction of sp³-hybridized carbons (Fsp3) is 0.900. The fourth-order valence-corrected chi connectivity index (χ4v) is 1.86. The molecule has 4 heteroatoms. The molecule has 1 aliphatic carbocycles. The van der Waals surface area contributed by atoms with Crippen LogP contribution in [0.4, 0.5) is 0 Å². The summed E-state index contributed by atoms with van der Waals surface area (Å²) in [6.07, 6.45) is 3.07. The van der Waals surface area contributed by atoms with Crippen LogP contribution in [-0.4, -0.2) is 30.7 Å². The van der Waals surface area contributed by atoms with Crippen LogP contribution in [0.15, 0.2) is 0 Å². The molecule has 1 aliphatic rings. The van der Waals surface area contributed by atoms with Crippen molar-refractivity contribution in [2.75, 3.05) is 6.61 Å². The number of hydrogen-bond acceptors (Lipinski definition) is 4. The Balaban J connectivity index is 2.26. The van der Waals surface area contributed by atoms with Crippen LogP contribution in [0.1, 0.15) is 33.1 Å². The molecule has 1 rings (SSSR count). The van der Waals surface area contributed by atoms with Gasteiger partial charge >= 0.3 is 5.97 Å². The Labute approximate surface area is 85.2 Å². The third kappa shape index (κ3) is 3.27. The molecule has 0 bridgehead atoms. The van der Waals surface area contributed by atoms with Crippen molar-refractivity contribution in [1.29, 1.82) is 0 Å². The lowest BCUT2D eigenvalue weighted by Gasteiger charge is -2.17. The Kier molecular flexibility index (Phi) is 4.35. The van der Waals surface area contributed by atoms with Crippen molar-refractivity contribution >= 4 is 5.97 Å². The second kappa shape index (κ2) is 5.32. The molecular formula is C10H20N2O2. The molecule has 3 unspecified atom stereocenters. The maximum absolute atomic E-state index is 11.3. The molecule has 0 heterocycles. The first-order valence-corrected chi connectivity index (χ1v) is 5.31. The minimum Gasteiger partial charge on any atom is -0.465 e. The molecule has 0 aliphatic heterocycles. The molecule has 14 heavy (non-hydrogen) atoms. The summed E-state index contributed by atoms with van der Waals surface area (Å²) in [7, 11) is 0. The maximum Gasteiger partial charge on any atom is 0.322 e. The molecule has 4 nitrogen and oxygen atoms in total. The van der Waals surface area contributed by atoms with Crippen LogP contribution in [0.5, 0.6) is 0 Å². The first kappa shape index (κ1) is 11.5. The average Bonchev–Trinajstić information content (AvgIpc) is 2.51. The molecular weight excluding hydrogens is 180 g/mol. The van der Waals surface area contributed by atoms with E-state index in [4.69, 9.17) is 10.5 Å². The van der Waals surface area contributed by atoms with E-state index >= 15 is 0 Å². The van der Waals surface area contributed by atoms with E-state index in [0.717, 1.165) is 19.3 Å². The van der Waals surface area contributed by atoms with Gasteiger partial charge in [-0.3, -0.25) is 4.79 Å². The van der Waals surface area contributed by atoms with Crippen LogP contribution in [0.2, 0.25) is 0 Å². The van der Waals surface area contributed by atoms with Crippen molar-refractivity contribution in [2.24, 2.45) is 5.73 Å². The van der Waals surface area contributed by atoms with E-state index in [9.17, 15) is 4.79 Å². The summed E-state index contributed by atoms with van der Waals surface area (Å²) in [5.74, 6) is -0.173. The topological polar surface area (TPSA) is 64.3 Å². The highest BCUT2D eigenvalue weighted by molar-refractivity contribution is 5.75. The zero-order chi connectivity index (χ0) is 10.6. The van der Waals surface area contributed by atoms with Gasteiger partial charge in [0.05, 0.1) is 6.61 Å². The number of esters is 1. The molecule has 0 saturated heterocycles. The second-order valence-electron chi connectivity index (χ2n) is 3.91. The van der Waals surface area contributed by atoms with Gasteiger partial charge in [-0.25, -0.2) is 0 Å². The number of hydrogen-bond donors (Lipinski definition) is 2. The Morgan fingerprint density at radius 3 is 2.86 bits per heavy atom. The number of nitrogens with one attached hydrogen (secondary N) is 1. The van der Waals surface area contributed by atoms with E-state index in [1.807, 2.05) is 13.8 Å². The predicted octanol–water partition coefficient (Wildman–Crippen LogP) is 0.407. The zero-order valence-corrected chi connectivity index (χ0v) is 8.95. The van der Waals surface area contributed by atoms with Gasteiger partial charge in [0.2, 0.25) is 0 Å². The number of carbonyl (C=O) groups is 1. The van der Waals surface area contributed by atoms with E-state index in [0.29, 0.717) is 18.7 Å². The van der Waals surface area contributed by atoms with Gasteiger partial charge in [-0.1, -0.05) is 0 Å². The highest BCUT2D eigenvalue weighted by Crippen LogP contribution is 2.17.